The minimum absolute atomic E-state index is 0.0134. The molecule has 4 nitrogen and oxygen atoms in total. The van der Waals surface area contributed by atoms with Crippen molar-refractivity contribution in [1.82, 2.24) is 9.97 Å². The first-order valence-electron chi connectivity index (χ1n) is 5.02. The molecule has 0 bridgehead atoms. The topological polar surface area (TPSA) is 49.2 Å². The van der Waals surface area contributed by atoms with Gasteiger partial charge in [-0.25, -0.2) is 9.97 Å². The Bertz CT molecular complexity index is 316. The van der Waals surface area contributed by atoms with Crippen molar-refractivity contribution >= 4 is 17.6 Å². The zero-order chi connectivity index (χ0) is 11.3. The number of aliphatic hydroxyl groups is 1. The summed E-state index contributed by atoms with van der Waals surface area (Å²) in [5.74, 6) is 0.849. The van der Waals surface area contributed by atoms with E-state index >= 15 is 0 Å². The van der Waals surface area contributed by atoms with E-state index in [1.807, 2.05) is 6.26 Å². The summed E-state index contributed by atoms with van der Waals surface area (Å²) in [6.45, 7) is 5.90. The summed E-state index contributed by atoms with van der Waals surface area (Å²) in [6, 6.07) is 0. The van der Waals surface area contributed by atoms with Gasteiger partial charge in [-0.05, 0) is 20.1 Å². The molecule has 0 aliphatic carbocycles. The largest absolute Gasteiger partial charge is 0.391 e. The van der Waals surface area contributed by atoms with Crippen LogP contribution >= 0.6 is 11.8 Å². The summed E-state index contributed by atoms with van der Waals surface area (Å²) in [4.78, 5) is 10.7. The van der Waals surface area contributed by atoms with Crippen molar-refractivity contribution in [2.24, 2.45) is 0 Å². The molecule has 15 heavy (non-hydrogen) atoms. The molecule has 0 saturated heterocycles. The van der Waals surface area contributed by atoms with Crippen LogP contribution in [0.15, 0.2) is 11.4 Å². The van der Waals surface area contributed by atoms with Gasteiger partial charge >= 0.3 is 0 Å². The van der Waals surface area contributed by atoms with Gasteiger partial charge in [-0.2, -0.15) is 0 Å². The van der Waals surface area contributed by atoms with Crippen molar-refractivity contribution < 1.29 is 5.11 Å². The second-order valence-corrected chi connectivity index (χ2v) is 3.81. The smallest absolute Gasteiger partial charge is 0.189 e. The van der Waals surface area contributed by atoms with Crippen LogP contribution in [0.4, 0.5) is 5.82 Å². The molecule has 0 aliphatic heterocycles. The Morgan fingerprint density at radius 2 is 2.07 bits per heavy atom. The average molecular weight is 227 g/mol. The van der Waals surface area contributed by atoms with Crippen molar-refractivity contribution in [1.29, 1.82) is 0 Å². The first-order chi connectivity index (χ1) is 7.26. The van der Waals surface area contributed by atoms with Crippen LogP contribution < -0.4 is 4.90 Å². The van der Waals surface area contributed by atoms with Crippen LogP contribution in [-0.4, -0.2) is 34.4 Å². The lowest BCUT2D eigenvalue weighted by Crippen LogP contribution is -2.24. The molecule has 1 aromatic heterocycles. The Balaban J connectivity index is 3.09. The second-order valence-electron chi connectivity index (χ2n) is 3.04. The van der Waals surface area contributed by atoms with Gasteiger partial charge in [0.15, 0.2) is 5.16 Å². The number of hydrogen-bond acceptors (Lipinski definition) is 5. The summed E-state index contributed by atoms with van der Waals surface area (Å²) in [7, 11) is 0. The molecule has 0 spiro atoms. The van der Waals surface area contributed by atoms with Crippen molar-refractivity contribution in [3.05, 3.63) is 11.8 Å². The fourth-order valence-electron chi connectivity index (χ4n) is 1.39. The van der Waals surface area contributed by atoms with Gasteiger partial charge in [-0.3, -0.25) is 0 Å². The predicted octanol–water partition coefficient (Wildman–Crippen LogP) is 1.54. The maximum atomic E-state index is 9.21. The quantitative estimate of drug-likeness (QED) is 0.611. The first kappa shape index (κ1) is 12.3. The van der Waals surface area contributed by atoms with Crippen LogP contribution in [0.25, 0.3) is 0 Å². The van der Waals surface area contributed by atoms with E-state index in [-0.39, 0.29) is 6.61 Å². The highest BCUT2D eigenvalue weighted by Gasteiger charge is 2.11. The van der Waals surface area contributed by atoms with Crippen molar-refractivity contribution in [2.75, 3.05) is 24.2 Å². The van der Waals surface area contributed by atoms with Gasteiger partial charge in [0.1, 0.15) is 5.82 Å². The van der Waals surface area contributed by atoms with Gasteiger partial charge < -0.3 is 10.0 Å². The number of rotatable bonds is 5. The molecule has 0 unspecified atom stereocenters. The van der Waals surface area contributed by atoms with Gasteiger partial charge in [0.2, 0.25) is 0 Å². The highest BCUT2D eigenvalue weighted by Crippen LogP contribution is 2.20. The van der Waals surface area contributed by atoms with E-state index in [2.05, 4.69) is 28.7 Å². The zero-order valence-electron chi connectivity index (χ0n) is 9.40. The molecule has 0 radical (unpaired) electrons. The lowest BCUT2D eigenvalue weighted by molar-refractivity contribution is 0.281. The number of nitrogens with zero attached hydrogens (tertiary/aromatic N) is 3. The van der Waals surface area contributed by atoms with Crippen molar-refractivity contribution in [3.63, 3.8) is 0 Å². The normalized spacial score (nSPS) is 10.4. The first-order valence-corrected chi connectivity index (χ1v) is 6.24. The van der Waals surface area contributed by atoms with Crippen LogP contribution in [0.2, 0.25) is 0 Å². The van der Waals surface area contributed by atoms with Gasteiger partial charge in [0.25, 0.3) is 0 Å². The van der Waals surface area contributed by atoms with Gasteiger partial charge in [-0.15, -0.1) is 0 Å². The molecule has 0 aromatic carbocycles. The van der Waals surface area contributed by atoms with E-state index in [1.54, 1.807) is 6.20 Å². The Morgan fingerprint density at radius 3 is 2.53 bits per heavy atom. The van der Waals surface area contributed by atoms with E-state index in [4.69, 9.17) is 0 Å². The van der Waals surface area contributed by atoms with Crippen LogP contribution in [0, 0.1) is 0 Å². The van der Waals surface area contributed by atoms with Gasteiger partial charge in [0, 0.05) is 24.8 Å². The fraction of sp³-hybridized carbons (Fsp3) is 0.600. The predicted molar refractivity (Wildman–Crippen MR) is 63.3 cm³/mol. The fourth-order valence-corrected chi connectivity index (χ4v) is 1.72. The third-order valence-corrected chi connectivity index (χ3v) is 2.80. The molecule has 0 amide bonds. The number of hydrogen-bond donors (Lipinski definition) is 1. The molecule has 1 aromatic rings. The van der Waals surface area contributed by atoms with Crippen molar-refractivity contribution in [3.8, 4) is 0 Å². The molecule has 1 rings (SSSR count). The Morgan fingerprint density at radius 1 is 1.40 bits per heavy atom. The summed E-state index contributed by atoms with van der Waals surface area (Å²) in [6.07, 6.45) is 3.65. The maximum absolute atomic E-state index is 9.21. The minimum Gasteiger partial charge on any atom is -0.391 e. The monoisotopic (exact) mass is 227 g/mol. The lowest BCUT2D eigenvalue weighted by atomic mass is 10.3. The molecule has 5 heteroatoms. The van der Waals surface area contributed by atoms with E-state index in [9.17, 15) is 5.11 Å². The highest BCUT2D eigenvalue weighted by molar-refractivity contribution is 7.98. The van der Waals surface area contributed by atoms with E-state index in [0.717, 1.165) is 29.6 Å². The van der Waals surface area contributed by atoms with E-state index in [1.165, 1.54) is 11.8 Å². The van der Waals surface area contributed by atoms with Crippen LogP contribution in [0.1, 0.15) is 19.4 Å². The van der Waals surface area contributed by atoms with Crippen molar-refractivity contribution in [2.45, 2.75) is 25.6 Å². The molecule has 1 N–H and O–H groups in total. The molecule has 0 saturated carbocycles. The molecular formula is C10H17N3OS. The van der Waals surface area contributed by atoms with Crippen LogP contribution in [0.3, 0.4) is 0 Å². The zero-order valence-corrected chi connectivity index (χ0v) is 10.2. The Kier molecular flexibility index (Phi) is 4.84. The Hall–Kier alpha value is -0.810. The van der Waals surface area contributed by atoms with Crippen LogP contribution in [-0.2, 0) is 6.61 Å². The molecule has 1 heterocycles. The minimum atomic E-state index is -0.0134. The van der Waals surface area contributed by atoms with E-state index in [0.29, 0.717) is 0 Å². The lowest BCUT2D eigenvalue weighted by Gasteiger charge is -2.22. The third kappa shape index (κ3) is 2.82. The SMILES string of the molecule is CCN(CC)c1nc(SC)ncc1CO. The standard InChI is InChI=1S/C10H17N3OS/c1-4-13(5-2)9-8(7-14)6-11-10(12-9)15-3/h6,14H,4-5,7H2,1-3H3. The van der Waals surface area contributed by atoms with Gasteiger partial charge in [0.05, 0.1) is 6.61 Å². The summed E-state index contributed by atoms with van der Waals surface area (Å²) in [5.41, 5.74) is 0.788. The van der Waals surface area contributed by atoms with Gasteiger partial charge in [-0.1, -0.05) is 11.8 Å². The summed E-state index contributed by atoms with van der Waals surface area (Å²) < 4.78 is 0. The highest BCUT2D eigenvalue weighted by atomic mass is 32.2. The average Bonchev–Trinajstić information content (AvgIpc) is 2.30. The third-order valence-electron chi connectivity index (χ3n) is 2.24. The number of anilines is 1. The summed E-state index contributed by atoms with van der Waals surface area (Å²) >= 11 is 1.51. The Labute approximate surface area is 94.7 Å². The molecule has 0 fully saturated rings. The molecule has 0 atom stereocenters. The van der Waals surface area contributed by atoms with Crippen LogP contribution in [0.5, 0.6) is 0 Å². The van der Waals surface area contributed by atoms with E-state index < -0.39 is 0 Å². The number of aliphatic hydroxyl groups excluding tert-OH is 1. The molecular weight excluding hydrogens is 210 g/mol. The summed E-state index contributed by atoms with van der Waals surface area (Å²) in [5, 5.41) is 9.95. The molecule has 84 valence electrons. The molecule has 0 aliphatic rings. The number of thioether (sulfide) groups is 1. The maximum Gasteiger partial charge on any atom is 0.189 e. The second kappa shape index (κ2) is 5.92. The number of aromatic nitrogens is 2.